The van der Waals surface area contributed by atoms with Crippen LogP contribution < -0.4 is 0 Å². The molecule has 0 aliphatic carbocycles. The second-order valence-corrected chi connectivity index (χ2v) is 4.12. The van der Waals surface area contributed by atoms with Crippen molar-refractivity contribution in [2.45, 2.75) is 0 Å². The van der Waals surface area contributed by atoms with Crippen molar-refractivity contribution < 1.29 is 4.57 Å². The van der Waals surface area contributed by atoms with E-state index in [2.05, 4.69) is 22.5 Å². The van der Waals surface area contributed by atoms with E-state index in [4.69, 9.17) is 4.57 Å². The second kappa shape index (κ2) is 7.01. The highest BCUT2D eigenvalue weighted by atomic mass is 35.9. The lowest BCUT2D eigenvalue weighted by atomic mass is 10.4. The maximum Gasteiger partial charge on any atom is 0.575 e. The fourth-order valence-corrected chi connectivity index (χ4v) is 0.385. The van der Waals surface area contributed by atoms with E-state index < -0.39 is 6.51 Å². The molecular formula is C6H6Cl2OP+. The summed E-state index contributed by atoms with van der Waals surface area (Å²) in [6.45, 7) is -1.93. The van der Waals surface area contributed by atoms with E-state index in [0.29, 0.717) is 0 Å². The van der Waals surface area contributed by atoms with Crippen LogP contribution >= 0.6 is 29.0 Å². The van der Waals surface area contributed by atoms with Crippen LogP contribution in [0.5, 0.6) is 0 Å². The number of halogens is 2. The summed E-state index contributed by atoms with van der Waals surface area (Å²) in [5.41, 5.74) is 0. The molecule has 0 saturated carbocycles. The van der Waals surface area contributed by atoms with Gasteiger partial charge in [-0.2, -0.15) is 0 Å². The summed E-state index contributed by atoms with van der Waals surface area (Å²) < 4.78 is 9.12. The van der Waals surface area contributed by atoms with Gasteiger partial charge in [-0.3, -0.25) is 0 Å². The van der Waals surface area contributed by atoms with E-state index >= 15 is 0 Å². The highest BCUT2D eigenvalue weighted by molar-refractivity contribution is 7.95. The van der Waals surface area contributed by atoms with Crippen molar-refractivity contribution in [1.82, 2.24) is 0 Å². The number of rotatable bonds is 0. The van der Waals surface area contributed by atoms with Crippen LogP contribution in [0.4, 0.5) is 0 Å². The van der Waals surface area contributed by atoms with E-state index in [1.165, 1.54) is 0 Å². The first-order chi connectivity index (χ1) is 4.73. The van der Waals surface area contributed by atoms with E-state index in [1.807, 2.05) is 36.4 Å². The number of hydrogen-bond acceptors (Lipinski definition) is 1. The first-order valence-electron chi connectivity index (χ1n) is 2.52. The minimum atomic E-state index is -1.93. The Hall–Kier alpha value is -0.100. The molecule has 0 saturated heterocycles. The van der Waals surface area contributed by atoms with Crippen molar-refractivity contribution in [3.05, 3.63) is 36.4 Å². The topological polar surface area (TPSA) is 17.1 Å². The summed E-state index contributed by atoms with van der Waals surface area (Å²) in [5, 5.41) is 0. The molecule has 4 heteroatoms. The van der Waals surface area contributed by atoms with Gasteiger partial charge in [-0.1, -0.05) is 36.4 Å². The molecule has 0 atom stereocenters. The van der Waals surface area contributed by atoms with Gasteiger partial charge in [-0.15, -0.1) is 0 Å². The van der Waals surface area contributed by atoms with Crippen molar-refractivity contribution in [3.8, 4) is 0 Å². The highest BCUT2D eigenvalue weighted by Crippen LogP contribution is 2.31. The van der Waals surface area contributed by atoms with Crippen LogP contribution in [-0.2, 0) is 4.57 Å². The van der Waals surface area contributed by atoms with Crippen molar-refractivity contribution in [1.29, 1.82) is 0 Å². The average Bonchev–Trinajstić information content (AvgIpc) is 1.90. The third kappa shape index (κ3) is 10.8. The SMILES string of the molecule is O=[P+](Cl)Cl.c1ccccc1. The summed E-state index contributed by atoms with van der Waals surface area (Å²) in [6, 6.07) is 12.0. The normalized spacial score (nSPS) is 7.40. The largest absolute Gasteiger partial charge is 0.575 e. The molecule has 0 heterocycles. The number of benzene rings is 1. The molecule has 0 aromatic heterocycles. The Labute approximate surface area is 70.3 Å². The van der Waals surface area contributed by atoms with Gasteiger partial charge in [-0.05, 0) is 4.57 Å². The van der Waals surface area contributed by atoms with Crippen molar-refractivity contribution in [2.24, 2.45) is 0 Å². The Morgan fingerprint density at radius 1 is 0.800 bits per heavy atom. The highest BCUT2D eigenvalue weighted by Gasteiger charge is 1.97. The predicted molar refractivity (Wildman–Crippen MR) is 45.8 cm³/mol. The second-order valence-electron chi connectivity index (χ2n) is 1.36. The summed E-state index contributed by atoms with van der Waals surface area (Å²) in [5.74, 6) is 0. The first kappa shape index (κ1) is 9.90. The zero-order chi connectivity index (χ0) is 7.82. The molecule has 1 aromatic carbocycles. The maximum atomic E-state index is 9.12. The molecular weight excluding hydrogens is 190 g/mol. The minimum absolute atomic E-state index is 1.93. The standard InChI is InChI=1S/C6H6.Cl2OP/c1-2-4-6-5-3-1;1-4(2)3/h1-6H;/q;+1. The van der Waals surface area contributed by atoms with E-state index in [-0.39, 0.29) is 0 Å². The Morgan fingerprint density at radius 3 is 1.00 bits per heavy atom. The monoisotopic (exact) mass is 195 g/mol. The van der Waals surface area contributed by atoms with Crippen molar-refractivity contribution in [3.63, 3.8) is 0 Å². The zero-order valence-electron chi connectivity index (χ0n) is 5.08. The number of hydrogen-bond donors (Lipinski definition) is 0. The first-order valence-corrected chi connectivity index (χ1v) is 5.59. The lowest BCUT2D eigenvalue weighted by Gasteiger charge is -1.69. The van der Waals surface area contributed by atoms with Crippen LogP contribution in [0.2, 0.25) is 0 Å². The Kier molecular flexibility index (Phi) is 6.94. The molecule has 0 unspecified atom stereocenters. The van der Waals surface area contributed by atoms with Crippen molar-refractivity contribution in [2.75, 3.05) is 0 Å². The molecule has 1 aromatic rings. The quantitative estimate of drug-likeness (QED) is 0.576. The molecule has 0 bridgehead atoms. The van der Waals surface area contributed by atoms with Gasteiger partial charge in [0.05, 0.1) is 0 Å². The Bertz CT molecular complexity index is 148. The molecule has 54 valence electrons. The summed E-state index contributed by atoms with van der Waals surface area (Å²) >= 11 is 9.10. The van der Waals surface area contributed by atoms with E-state index in [0.717, 1.165) is 0 Å². The lowest BCUT2D eigenvalue weighted by molar-refractivity contribution is 0.602. The lowest BCUT2D eigenvalue weighted by Crippen LogP contribution is -1.47. The smallest absolute Gasteiger partial charge is 0.0623 e. The van der Waals surface area contributed by atoms with E-state index in [9.17, 15) is 0 Å². The zero-order valence-corrected chi connectivity index (χ0v) is 7.48. The van der Waals surface area contributed by atoms with Gasteiger partial charge in [-0.25, -0.2) is 0 Å². The molecule has 0 radical (unpaired) electrons. The molecule has 1 nitrogen and oxygen atoms in total. The van der Waals surface area contributed by atoms with Gasteiger partial charge in [0, 0.05) is 0 Å². The Morgan fingerprint density at radius 2 is 0.900 bits per heavy atom. The van der Waals surface area contributed by atoms with Crippen LogP contribution in [0.3, 0.4) is 0 Å². The minimum Gasteiger partial charge on any atom is -0.0623 e. The fraction of sp³-hybridized carbons (Fsp3) is 0. The Balaban J connectivity index is 0.000000180. The van der Waals surface area contributed by atoms with Gasteiger partial charge in [0.25, 0.3) is 0 Å². The fourth-order valence-electron chi connectivity index (χ4n) is 0.385. The van der Waals surface area contributed by atoms with Gasteiger partial charge in [0.2, 0.25) is 22.5 Å². The molecule has 0 spiro atoms. The molecule has 10 heavy (non-hydrogen) atoms. The molecule has 0 N–H and O–H groups in total. The molecule has 0 aliphatic rings. The van der Waals surface area contributed by atoms with Gasteiger partial charge in [0.15, 0.2) is 0 Å². The molecule has 0 aliphatic heterocycles. The summed E-state index contributed by atoms with van der Waals surface area (Å²) in [4.78, 5) is 0. The van der Waals surface area contributed by atoms with Crippen LogP contribution in [0.25, 0.3) is 0 Å². The van der Waals surface area contributed by atoms with Crippen LogP contribution in [0.15, 0.2) is 36.4 Å². The molecule has 0 fully saturated rings. The van der Waals surface area contributed by atoms with Crippen LogP contribution in [0.1, 0.15) is 0 Å². The third-order valence-corrected chi connectivity index (χ3v) is 0.667. The van der Waals surface area contributed by atoms with Crippen molar-refractivity contribution >= 4 is 29.0 Å². The van der Waals surface area contributed by atoms with Crippen LogP contribution in [0, 0.1) is 0 Å². The van der Waals surface area contributed by atoms with Gasteiger partial charge < -0.3 is 0 Å². The third-order valence-electron chi connectivity index (χ3n) is 0.667. The molecule has 0 amide bonds. The van der Waals surface area contributed by atoms with Crippen LogP contribution in [-0.4, -0.2) is 0 Å². The average molecular weight is 196 g/mol. The predicted octanol–water partition coefficient (Wildman–Crippen LogP) is 3.81. The van der Waals surface area contributed by atoms with Gasteiger partial charge >= 0.3 is 6.51 Å². The summed E-state index contributed by atoms with van der Waals surface area (Å²) in [6.07, 6.45) is 0. The van der Waals surface area contributed by atoms with Gasteiger partial charge in [0.1, 0.15) is 0 Å². The maximum absolute atomic E-state index is 9.12. The summed E-state index contributed by atoms with van der Waals surface area (Å²) in [7, 11) is 0. The molecule has 1 rings (SSSR count). The van der Waals surface area contributed by atoms with E-state index in [1.54, 1.807) is 0 Å².